The van der Waals surface area contributed by atoms with E-state index in [9.17, 15) is 13.2 Å². The average molecular weight is 234 g/mol. The average Bonchev–Trinajstić information content (AvgIpc) is 2.62. The fourth-order valence-corrected chi connectivity index (χ4v) is 2.18. The minimum Gasteiger partial charge on any atom is -0.341 e. The van der Waals surface area contributed by atoms with Crippen molar-refractivity contribution in [3.63, 3.8) is 0 Å². The molecule has 88 valence electrons. The molecule has 1 fully saturated rings. The van der Waals surface area contributed by atoms with Gasteiger partial charge in [-0.15, -0.1) is 0 Å². The van der Waals surface area contributed by atoms with Gasteiger partial charge in [0.05, 0.1) is 0 Å². The molecule has 1 rings (SSSR count). The van der Waals surface area contributed by atoms with Crippen molar-refractivity contribution in [2.75, 3.05) is 25.9 Å². The van der Waals surface area contributed by atoms with Gasteiger partial charge in [0.1, 0.15) is 5.25 Å². The molecule has 2 N–H and O–H groups in total. The molecule has 2 atom stereocenters. The molecule has 2 unspecified atom stereocenters. The molecule has 0 aromatic rings. The van der Waals surface area contributed by atoms with Crippen LogP contribution in [0.5, 0.6) is 0 Å². The first-order chi connectivity index (χ1) is 6.86. The van der Waals surface area contributed by atoms with E-state index in [1.165, 1.54) is 6.92 Å². The van der Waals surface area contributed by atoms with Crippen LogP contribution in [0.25, 0.3) is 0 Å². The van der Waals surface area contributed by atoms with Gasteiger partial charge in [0, 0.05) is 19.3 Å². The van der Waals surface area contributed by atoms with Crippen molar-refractivity contribution in [1.29, 1.82) is 0 Å². The molecule has 0 radical (unpaired) electrons. The molecule has 0 aliphatic carbocycles. The van der Waals surface area contributed by atoms with Gasteiger partial charge in [-0.05, 0) is 25.8 Å². The molecule has 1 aliphatic rings. The van der Waals surface area contributed by atoms with Crippen LogP contribution in [0.15, 0.2) is 0 Å². The van der Waals surface area contributed by atoms with Crippen molar-refractivity contribution in [1.82, 2.24) is 4.90 Å². The number of carbonyl (C=O) groups excluding carboxylic acids is 1. The molecule has 1 saturated heterocycles. The zero-order chi connectivity index (χ0) is 11.6. The Morgan fingerprint density at radius 3 is 2.60 bits per heavy atom. The lowest BCUT2D eigenvalue weighted by atomic mass is 10.1. The number of rotatable bonds is 3. The normalized spacial score (nSPS) is 24.2. The van der Waals surface area contributed by atoms with Gasteiger partial charge in [0.2, 0.25) is 5.91 Å². The standard InChI is InChI=1S/C9H18N2O3S/c1-7(15(2,13)14)9(12)11-4-3-8(5-10)6-11/h7-8H,3-6,10H2,1-2H3. The predicted octanol–water partition coefficient (Wildman–Crippen LogP) is -0.773. The van der Waals surface area contributed by atoms with E-state index in [1.807, 2.05) is 0 Å². The molecular formula is C9H18N2O3S. The van der Waals surface area contributed by atoms with Crippen molar-refractivity contribution >= 4 is 15.7 Å². The molecule has 0 spiro atoms. The SMILES string of the molecule is CC(C(=O)N1CCC(CN)C1)S(C)(=O)=O. The molecule has 0 bridgehead atoms. The summed E-state index contributed by atoms with van der Waals surface area (Å²) in [6.45, 7) is 3.21. The van der Waals surface area contributed by atoms with Crippen LogP contribution in [0.4, 0.5) is 0 Å². The van der Waals surface area contributed by atoms with Gasteiger partial charge in [-0.3, -0.25) is 4.79 Å². The molecule has 6 heteroatoms. The number of carbonyl (C=O) groups is 1. The summed E-state index contributed by atoms with van der Waals surface area (Å²) in [6, 6.07) is 0. The summed E-state index contributed by atoms with van der Waals surface area (Å²) < 4.78 is 22.4. The highest BCUT2D eigenvalue weighted by molar-refractivity contribution is 7.92. The molecule has 0 aromatic heterocycles. The second kappa shape index (κ2) is 4.49. The molecule has 15 heavy (non-hydrogen) atoms. The highest BCUT2D eigenvalue weighted by atomic mass is 32.2. The maximum absolute atomic E-state index is 11.8. The minimum atomic E-state index is -3.29. The number of hydrogen-bond acceptors (Lipinski definition) is 4. The van der Waals surface area contributed by atoms with Crippen molar-refractivity contribution in [2.45, 2.75) is 18.6 Å². The van der Waals surface area contributed by atoms with E-state index in [2.05, 4.69) is 0 Å². The van der Waals surface area contributed by atoms with E-state index >= 15 is 0 Å². The van der Waals surface area contributed by atoms with Crippen LogP contribution in [-0.4, -0.2) is 50.4 Å². The monoisotopic (exact) mass is 234 g/mol. The fraction of sp³-hybridized carbons (Fsp3) is 0.889. The van der Waals surface area contributed by atoms with E-state index < -0.39 is 15.1 Å². The van der Waals surface area contributed by atoms with Crippen LogP contribution in [0.1, 0.15) is 13.3 Å². The molecular weight excluding hydrogens is 216 g/mol. The Balaban J connectivity index is 2.63. The lowest BCUT2D eigenvalue weighted by Crippen LogP contribution is -2.40. The Kier molecular flexibility index (Phi) is 3.72. The molecule has 0 saturated carbocycles. The third-order valence-corrected chi connectivity index (χ3v) is 4.41. The largest absolute Gasteiger partial charge is 0.341 e. The van der Waals surface area contributed by atoms with Gasteiger partial charge in [-0.1, -0.05) is 0 Å². The van der Waals surface area contributed by atoms with Gasteiger partial charge in [-0.2, -0.15) is 0 Å². The van der Waals surface area contributed by atoms with Gasteiger partial charge in [0.25, 0.3) is 0 Å². The minimum absolute atomic E-state index is 0.298. The Morgan fingerprint density at radius 1 is 1.60 bits per heavy atom. The Hall–Kier alpha value is -0.620. The second-order valence-electron chi connectivity index (χ2n) is 4.15. The van der Waals surface area contributed by atoms with E-state index in [0.29, 0.717) is 25.6 Å². The summed E-state index contributed by atoms with van der Waals surface area (Å²) in [5.41, 5.74) is 5.50. The lowest BCUT2D eigenvalue weighted by Gasteiger charge is -2.19. The first-order valence-corrected chi connectivity index (χ1v) is 6.99. The Bertz CT molecular complexity index is 339. The van der Waals surface area contributed by atoms with E-state index in [4.69, 9.17) is 5.73 Å². The highest BCUT2D eigenvalue weighted by Crippen LogP contribution is 2.17. The Labute approximate surface area is 90.5 Å². The van der Waals surface area contributed by atoms with Crippen molar-refractivity contribution < 1.29 is 13.2 Å². The van der Waals surface area contributed by atoms with Gasteiger partial charge in [0.15, 0.2) is 9.84 Å². The topological polar surface area (TPSA) is 80.5 Å². The van der Waals surface area contributed by atoms with E-state index in [0.717, 1.165) is 12.7 Å². The maximum Gasteiger partial charge on any atom is 0.240 e. The zero-order valence-corrected chi connectivity index (χ0v) is 9.96. The number of hydrogen-bond donors (Lipinski definition) is 1. The quantitative estimate of drug-likeness (QED) is 0.695. The van der Waals surface area contributed by atoms with E-state index in [-0.39, 0.29) is 5.91 Å². The number of amides is 1. The van der Waals surface area contributed by atoms with Gasteiger partial charge >= 0.3 is 0 Å². The second-order valence-corrected chi connectivity index (χ2v) is 6.51. The maximum atomic E-state index is 11.8. The molecule has 1 aliphatic heterocycles. The van der Waals surface area contributed by atoms with Crippen LogP contribution >= 0.6 is 0 Å². The molecule has 5 nitrogen and oxygen atoms in total. The summed E-state index contributed by atoms with van der Waals surface area (Å²) >= 11 is 0. The smallest absolute Gasteiger partial charge is 0.240 e. The van der Waals surface area contributed by atoms with Crippen molar-refractivity contribution in [2.24, 2.45) is 11.7 Å². The number of nitrogens with two attached hydrogens (primary N) is 1. The molecule has 1 amide bonds. The van der Waals surface area contributed by atoms with Gasteiger partial charge in [-0.25, -0.2) is 8.42 Å². The highest BCUT2D eigenvalue weighted by Gasteiger charge is 2.32. The summed E-state index contributed by atoms with van der Waals surface area (Å²) in [6.07, 6.45) is 1.96. The Morgan fingerprint density at radius 2 is 2.20 bits per heavy atom. The zero-order valence-electron chi connectivity index (χ0n) is 9.14. The van der Waals surface area contributed by atoms with E-state index in [1.54, 1.807) is 4.90 Å². The van der Waals surface area contributed by atoms with Crippen molar-refractivity contribution in [3.05, 3.63) is 0 Å². The first-order valence-electron chi connectivity index (χ1n) is 5.04. The third kappa shape index (κ3) is 2.92. The molecule has 1 heterocycles. The number of likely N-dealkylation sites (tertiary alicyclic amines) is 1. The first kappa shape index (κ1) is 12.4. The summed E-state index contributed by atoms with van der Waals surface area (Å²) in [4.78, 5) is 13.4. The van der Waals surface area contributed by atoms with Gasteiger partial charge < -0.3 is 10.6 Å². The van der Waals surface area contributed by atoms with Crippen LogP contribution in [0.3, 0.4) is 0 Å². The number of sulfone groups is 1. The summed E-state index contributed by atoms with van der Waals surface area (Å²) in [5, 5.41) is -0.936. The van der Waals surface area contributed by atoms with Crippen LogP contribution in [0.2, 0.25) is 0 Å². The number of nitrogens with zero attached hydrogens (tertiary/aromatic N) is 1. The fourth-order valence-electron chi connectivity index (χ4n) is 1.67. The van der Waals surface area contributed by atoms with Crippen LogP contribution in [0, 0.1) is 5.92 Å². The summed E-state index contributed by atoms with van der Waals surface area (Å²) in [5.74, 6) is 0.0224. The molecule has 0 aromatic carbocycles. The predicted molar refractivity (Wildman–Crippen MR) is 58.0 cm³/mol. The van der Waals surface area contributed by atoms with Crippen LogP contribution < -0.4 is 5.73 Å². The summed E-state index contributed by atoms with van der Waals surface area (Å²) in [7, 11) is -3.29. The van der Waals surface area contributed by atoms with Crippen LogP contribution in [-0.2, 0) is 14.6 Å². The lowest BCUT2D eigenvalue weighted by molar-refractivity contribution is -0.129. The van der Waals surface area contributed by atoms with Crippen molar-refractivity contribution in [3.8, 4) is 0 Å². The third-order valence-electron chi connectivity index (χ3n) is 2.92.